The SMILES string of the molecule is CC(CN(C)C(=O)c1cccc(N2CCCNC2=O)c1)C(=O)O. The molecule has 1 atom stereocenters. The molecular formula is C16H21N3O4. The van der Waals surface area contributed by atoms with Crippen LogP contribution in [0, 0.1) is 5.92 Å². The molecule has 2 rings (SSSR count). The Morgan fingerprint density at radius 2 is 2.17 bits per heavy atom. The number of carboxylic acid groups (broad SMARTS) is 1. The van der Waals surface area contributed by atoms with Gasteiger partial charge in [-0.25, -0.2) is 4.79 Å². The summed E-state index contributed by atoms with van der Waals surface area (Å²) in [6, 6.07) is 6.65. The van der Waals surface area contributed by atoms with Gasteiger partial charge in [0, 0.05) is 37.9 Å². The van der Waals surface area contributed by atoms with Gasteiger partial charge in [0.1, 0.15) is 0 Å². The first-order valence-corrected chi connectivity index (χ1v) is 7.54. The fourth-order valence-electron chi connectivity index (χ4n) is 2.47. The first kappa shape index (κ1) is 16.8. The van der Waals surface area contributed by atoms with E-state index in [1.54, 1.807) is 43.1 Å². The zero-order valence-corrected chi connectivity index (χ0v) is 13.3. The quantitative estimate of drug-likeness (QED) is 0.858. The van der Waals surface area contributed by atoms with Crippen molar-refractivity contribution in [1.29, 1.82) is 0 Å². The molecule has 3 amide bonds. The Bertz CT molecular complexity index is 617. The number of hydrogen-bond acceptors (Lipinski definition) is 3. The molecule has 7 nitrogen and oxygen atoms in total. The molecule has 0 spiro atoms. The number of urea groups is 1. The number of amides is 3. The molecule has 0 radical (unpaired) electrons. The molecule has 0 bridgehead atoms. The van der Waals surface area contributed by atoms with Crippen molar-refractivity contribution in [2.45, 2.75) is 13.3 Å². The van der Waals surface area contributed by atoms with Crippen LogP contribution in [0.25, 0.3) is 0 Å². The van der Waals surface area contributed by atoms with Crippen LogP contribution < -0.4 is 10.2 Å². The van der Waals surface area contributed by atoms with Crippen LogP contribution >= 0.6 is 0 Å². The molecule has 1 saturated heterocycles. The number of carbonyl (C=O) groups is 3. The average molecular weight is 319 g/mol. The number of hydrogen-bond donors (Lipinski definition) is 2. The summed E-state index contributed by atoms with van der Waals surface area (Å²) in [7, 11) is 1.57. The predicted octanol–water partition coefficient (Wildman–Crippen LogP) is 1.40. The van der Waals surface area contributed by atoms with Crippen LogP contribution in [-0.4, -0.2) is 54.6 Å². The highest BCUT2D eigenvalue weighted by Crippen LogP contribution is 2.19. The van der Waals surface area contributed by atoms with Gasteiger partial charge < -0.3 is 15.3 Å². The summed E-state index contributed by atoms with van der Waals surface area (Å²) in [5.74, 6) is -1.85. The van der Waals surface area contributed by atoms with Crippen molar-refractivity contribution in [1.82, 2.24) is 10.2 Å². The lowest BCUT2D eigenvalue weighted by atomic mass is 10.1. The van der Waals surface area contributed by atoms with Crippen LogP contribution in [0.2, 0.25) is 0 Å². The minimum Gasteiger partial charge on any atom is -0.481 e. The van der Waals surface area contributed by atoms with Crippen molar-refractivity contribution < 1.29 is 19.5 Å². The molecule has 7 heteroatoms. The molecule has 1 unspecified atom stereocenters. The summed E-state index contributed by atoms with van der Waals surface area (Å²) in [4.78, 5) is 38.2. The number of aliphatic carboxylic acids is 1. The predicted molar refractivity (Wildman–Crippen MR) is 85.6 cm³/mol. The Morgan fingerprint density at radius 3 is 2.83 bits per heavy atom. The monoisotopic (exact) mass is 319 g/mol. The van der Waals surface area contributed by atoms with E-state index in [1.807, 2.05) is 0 Å². The summed E-state index contributed by atoms with van der Waals surface area (Å²) in [6.45, 7) is 2.95. The van der Waals surface area contributed by atoms with E-state index in [9.17, 15) is 14.4 Å². The maximum absolute atomic E-state index is 12.4. The molecule has 0 saturated carbocycles. The van der Waals surface area contributed by atoms with E-state index in [2.05, 4.69) is 5.32 Å². The van der Waals surface area contributed by atoms with Crippen LogP contribution in [0.5, 0.6) is 0 Å². The van der Waals surface area contributed by atoms with Gasteiger partial charge in [0.2, 0.25) is 0 Å². The molecule has 23 heavy (non-hydrogen) atoms. The van der Waals surface area contributed by atoms with Gasteiger partial charge in [-0.2, -0.15) is 0 Å². The largest absolute Gasteiger partial charge is 0.481 e. The lowest BCUT2D eigenvalue weighted by Gasteiger charge is -2.28. The Labute approximate surface area is 134 Å². The van der Waals surface area contributed by atoms with E-state index in [0.29, 0.717) is 24.3 Å². The number of rotatable bonds is 5. The number of nitrogens with zero attached hydrogens (tertiary/aromatic N) is 2. The minimum atomic E-state index is -0.941. The van der Waals surface area contributed by atoms with Crippen LogP contribution in [-0.2, 0) is 4.79 Å². The third-order valence-electron chi connectivity index (χ3n) is 3.80. The van der Waals surface area contributed by atoms with Crippen molar-refractivity contribution in [2.24, 2.45) is 5.92 Å². The van der Waals surface area contributed by atoms with E-state index in [4.69, 9.17) is 5.11 Å². The van der Waals surface area contributed by atoms with Crippen molar-refractivity contribution in [3.05, 3.63) is 29.8 Å². The number of carboxylic acids is 1. The molecule has 0 aliphatic carbocycles. The van der Waals surface area contributed by atoms with Crippen LogP contribution in [0.4, 0.5) is 10.5 Å². The number of carbonyl (C=O) groups excluding carboxylic acids is 2. The minimum absolute atomic E-state index is 0.128. The zero-order chi connectivity index (χ0) is 17.0. The summed E-state index contributed by atoms with van der Waals surface area (Å²) in [5, 5.41) is 11.7. The van der Waals surface area contributed by atoms with Crippen molar-refractivity contribution in [2.75, 3.05) is 31.6 Å². The summed E-state index contributed by atoms with van der Waals surface area (Å²) in [6.07, 6.45) is 0.847. The first-order chi connectivity index (χ1) is 10.9. The highest BCUT2D eigenvalue weighted by Gasteiger charge is 2.22. The second-order valence-corrected chi connectivity index (χ2v) is 5.71. The Morgan fingerprint density at radius 1 is 1.43 bits per heavy atom. The molecule has 0 aromatic heterocycles. The highest BCUT2D eigenvalue weighted by atomic mass is 16.4. The first-order valence-electron chi connectivity index (χ1n) is 7.54. The molecule has 1 heterocycles. The zero-order valence-electron chi connectivity index (χ0n) is 13.3. The van der Waals surface area contributed by atoms with Gasteiger partial charge in [-0.3, -0.25) is 14.5 Å². The van der Waals surface area contributed by atoms with E-state index >= 15 is 0 Å². The second-order valence-electron chi connectivity index (χ2n) is 5.71. The number of benzene rings is 1. The third kappa shape index (κ3) is 4.00. The van der Waals surface area contributed by atoms with Gasteiger partial charge in [0.05, 0.1) is 5.92 Å². The summed E-state index contributed by atoms with van der Waals surface area (Å²) in [5.41, 5.74) is 1.09. The molecule has 1 aliphatic heterocycles. The Kier molecular flexibility index (Phi) is 5.20. The van der Waals surface area contributed by atoms with Gasteiger partial charge in [0.25, 0.3) is 5.91 Å². The van der Waals surface area contributed by atoms with Gasteiger partial charge in [-0.1, -0.05) is 13.0 Å². The molecule has 1 aliphatic rings. The average Bonchev–Trinajstić information content (AvgIpc) is 2.54. The normalized spacial score (nSPS) is 15.7. The topological polar surface area (TPSA) is 90.0 Å². The van der Waals surface area contributed by atoms with E-state index in [0.717, 1.165) is 6.42 Å². The second kappa shape index (κ2) is 7.13. The molecule has 2 N–H and O–H groups in total. The maximum atomic E-state index is 12.4. The van der Waals surface area contributed by atoms with Gasteiger partial charge in [-0.05, 0) is 24.6 Å². The third-order valence-corrected chi connectivity index (χ3v) is 3.80. The van der Waals surface area contributed by atoms with E-state index < -0.39 is 11.9 Å². The van der Waals surface area contributed by atoms with Crippen molar-refractivity contribution >= 4 is 23.6 Å². The van der Waals surface area contributed by atoms with E-state index in [1.165, 1.54) is 4.90 Å². The lowest BCUT2D eigenvalue weighted by molar-refractivity contribution is -0.141. The summed E-state index contributed by atoms with van der Waals surface area (Å²) < 4.78 is 0. The van der Waals surface area contributed by atoms with Crippen LogP contribution in [0.15, 0.2) is 24.3 Å². The Balaban J connectivity index is 2.13. The smallest absolute Gasteiger partial charge is 0.321 e. The van der Waals surface area contributed by atoms with Gasteiger partial charge in [-0.15, -0.1) is 0 Å². The number of anilines is 1. The lowest BCUT2D eigenvalue weighted by Crippen LogP contribution is -2.46. The molecule has 124 valence electrons. The fraction of sp³-hybridized carbons (Fsp3) is 0.438. The Hall–Kier alpha value is -2.57. The maximum Gasteiger partial charge on any atom is 0.321 e. The van der Waals surface area contributed by atoms with E-state index in [-0.39, 0.29) is 18.5 Å². The van der Waals surface area contributed by atoms with Crippen molar-refractivity contribution in [3.8, 4) is 0 Å². The van der Waals surface area contributed by atoms with Gasteiger partial charge >= 0.3 is 12.0 Å². The van der Waals surface area contributed by atoms with Crippen LogP contribution in [0.3, 0.4) is 0 Å². The summed E-state index contributed by atoms with van der Waals surface area (Å²) >= 11 is 0. The molecule has 1 aromatic rings. The molecule has 1 fully saturated rings. The fourth-order valence-corrected chi connectivity index (χ4v) is 2.47. The highest BCUT2D eigenvalue weighted by molar-refractivity contribution is 5.98. The number of nitrogens with one attached hydrogen (secondary N) is 1. The van der Waals surface area contributed by atoms with Crippen molar-refractivity contribution in [3.63, 3.8) is 0 Å². The molecule has 1 aromatic carbocycles. The van der Waals surface area contributed by atoms with Crippen LogP contribution in [0.1, 0.15) is 23.7 Å². The van der Waals surface area contributed by atoms with Gasteiger partial charge in [0.15, 0.2) is 0 Å². The molecular weight excluding hydrogens is 298 g/mol. The standard InChI is InChI=1S/C16H21N3O4/c1-11(15(21)22)10-18(2)14(20)12-5-3-6-13(9-12)19-8-4-7-17-16(19)23/h3,5-6,9,11H,4,7-8,10H2,1-2H3,(H,17,23)(H,21,22).